The number of nitrogens with one attached hydrogen (secondary N) is 2. The molecule has 38 heavy (non-hydrogen) atoms. The summed E-state index contributed by atoms with van der Waals surface area (Å²) in [6.45, 7) is 25.8. The Balaban J connectivity index is 1.82. The monoisotopic (exact) mass is 553 g/mol. The first-order chi connectivity index (χ1) is 17.4. The summed E-state index contributed by atoms with van der Waals surface area (Å²) in [5.41, 5.74) is 2.61. The molecular weight excluding hydrogens is 507 g/mol. The molecule has 208 valence electrons. The summed E-state index contributed by atoms with van der Waals surface area (Å²) in [5, 5.41) is 5.49. The van der Waals surface area contributed by atoms with Gasteiger partial charge in [-0.05, 0) is 78.4 Å². The van der Waals surface area contributed by atoms with Gasteiger partial charge < -0.3 is 19.2 Å². The quantitative estimate of drug-likeness (QED) is 0.265. The van der Waals surface area contributed by atoms with Crippen LogP contribution in [-0.4, -0.2) is 45.9 Å². The molecule has 0 fully saturated rings. The number of aromatic nitrogens is 2. The highest BCUT2D eigenvalue weighted by Crippen LogP contribution is 2.38. The standard InChI is InChI=1S/C30H47N3O3Si2/c1-21-13-12-14-24-25(21)17-26(33-28(24)34)22-15-16-27(31-18-22)32-23(19-35-37(8,9)29(2,3)4)20-36-38(10,11)30(5,6)7/h12-18,23H,19-20H2,1-11H3,(H,31,32)(H,33,34). The third-order valence-electron chi connectivity index (χ3n) is 8.44. The Labute approximate surface area is 230 Å². The van der Waals surface area contributed by atoms with Gasteiger partial charge in [-0.2, -0.15) is 0 Å². The lowest BCUT2D eigenvalue weighted by Crippen LogP contribution is -2.47. The summed E-state index contributed by atoms with van der Waals surface area (Å²) in [5.74, 6) is 0.760. The van der Waals surface area contributed by atoms with Crippen molar-refractivity contribution in [3.63, 3.8) is 0 Å². The van der Waals surface area contributed by atoms with Crippen LogP contribution in [0.1, 0.15) is 47.1 Å². The fourth-order valence-electron chi connectivity index (χ4n) is 3.63. The van der Waals surface area contributed by atoms with Gasteiger partial charge >= 0.3 is 0 Å². The molecule has 0 aliphatic heterocycles. The van der Waals surface area contributed by atoms with E-state index in [9.17, 15) is 4.79 Å². The second kappa shape index (κ2) is 11.1. The molecular formula is C30H47N3O3Si2. The Kier molecular flexibility index (Phi) is 8.83. The van der Waals surface area contributed by atoms with Crippen molar-refractivity contribution in [2.45, 2.75) is 90.8 Å². The van der Waals surface area contributed by atoms with Crippen molar-refractivity contribution in [2.75, 3.05) is 18.5 Å². The van der Waals surface area contributed by atoms with E-state index in [1.54, 1.807) is 6.20 Å². The SMILES string of the molecule is Cc1cccc2c(=O)[nH]c(-c3ccc(NC(CO[Si](C)(C)C(C)(C)C)CO[Si](C)(C)C(C)(C)C)nc3)cc12. The van der Waals surface area contributed by atoms with Gasteiger partial charge in [0, 0.05) is 17.1 Å². The lowest BCUT2D eigenvalue weighted by molar-refractivity contribution is 0.207. The molecule has 2 heterocycles. The van der Waals surface area contributed by atoms with Crippen molar-refractivity contribution in [1.29, 1.82) is 0 Å². The molecule has 0 aliphatic rings. The maximum Gasteiger partial charge on any atom is 0.256 e. The second-order valence-electron chi connectivity index (χ2n) is 13.5. The summed E-state index contributed by atoms with van der Waals surface area (Å²) in [6.07, 6.45) is 1.80. The average molecular weight is 554 g/mol. The van der Waals surface area contributed by atoms with Gasteiger partial charge in [0.15, 0.2) is 16.6 Å². The molecule has 6 nitrogen and oxygen atoms in total. The highest BCUT2D eigenvalue weighted by Gasteiger charge is 2.39. The van der Waals surface area contributed by atoms with Crippen molar-refractivity contribution in [3.8, 4) is 11.3 Å². The number of hydrogen-bond donors (Lipinski definition) is 2. The number of hydrogen-bond acceptors (Lipinski definition) is 5. The zero-order valence-electron chi connectivity index (χ0n) is 25.2. The summed E-state index contributed by atoms with van der Waals surface area (Å²) in [4.78, 5) is 20.4. The normalized spacial score (nSPS) is 13.4. The summed E-state index contributed by atoms with van der Waals surface area (Å²) in [6, 6.07) is 11.7. The Morgan fingerprint density at radius 2 is 1.47 bits per heavy atom. The maximum absolute atomic E-state index is 12.7. The Hall–Kier alpha value is -2.27. The molecule has 8 heteroatoms. The first kappa shape index (κ1) is 30.3. The molecule has 0 radical (unpaired) electrons. The number of aryl methyl sites for hydroxylation is 1. The van der Waals surface area contributed by atoms with Crippen LogP contribution < -0.4 is 10.9 Å². The van der Waals surface area contributed by atoms with E-state index in [1.165, 1.54) is 0 Å². The lowest BCUT2D eigenvalue weighted by Gasteiger charge is -2.39. The van der Waals surface area contributed by atoms with Crippen molar-refractivity contribution in [2.24, 2.45) is 0 Å². The third-order valence-corrected chi connectivity index (χ3v) is 17.4. The molecule has 2 N–H and O–H groups in total. The van der Waals surface area contributed by atoms with E-state index in [4.69, 9.17) is 13.8 Å². The smallest absolute Gasteiger partial charge is 0.256 e. The molecule has 3 aromatic rings. The molecule has 3 rings (SSSR count). The minimum Gasteiger partial charge on any atom is -0.415 e. The fraction of sp³-hybridized carbons (Fsp3) is 0.533. The van der Waals surface area contributed by atoms with Crippen LogP contribution >= 0.6 is 0 Å². The molecule has 0 atom stereocenters. The Bertz CT molecular complexity index is 1270. The van der Waals surface area contributed by atoms with Crippen LogP contribution in [0.5, 0.6) is 0 Å². The van der Waals surface area contributed by atoms with Gasteiger partial charge in [-0.15, -0.1) is 0 Å². The van der Waals surface area contributed by atoms with Gasteiger partial charge in [0.2, 0.25) is 0 Å². The average Bonchev–Trinajstić information content (AvgIpc) is 2.80. The topological polar surface area (TPSA) is 76.2 Å². The molecule has 0 amide bonds. The van der Waals surface area contributed by atoms with Crippen LogP contribution in [0.3, 0.4) is 0 Å². The predicted molar refractivity (Wildman–Crippen MR) is 166 cm³/mol. The van der Waals surface area contributed by atoms with E-state index in [0.29, 0.717) is 18.6 Å². The minimum atomic E-state index is -1.92. The number of fused-ring (bicyclic) bond motifs is 1. The van der Waals surface area contributed by atoms with Crippen LogP contribution in [0.25, 0.3) is 22.0 Å². The molecule has 0 spiro atoms. The number of H-pyrrole nitrogens is 1. The fourth-order valence-corrected chi connectivity index (χ4v) is 5.73. The van der Waals surface area contributed by atoms with Gasteiger partial charge in [0.25, 0.3) is 5.56 Å². The van der Waals surface area contributed by atoms with Crippen molar-refractivity contribution >= 4 is 33.2 Å². The minimum absolute atomic E-state index is 0.0280. The van der Waals surface area contributed by atoms with Gasteiger partial charge in [-0.25, -0.2) is 4.98 Å². The molecule has 0 bridgehead atoms. The van der Waals surface area contributed by atoms with E-state index in [0.717, 1.165) is 28.0 Å². The van der Waals surface area contributed by atoms with Crippen LogP contribution in [0, 0.1) is 6.92 Å². The Morgan fingerprint density at radius 1 is 0.895 bits per heavy atom. The first-order valence-corrected chi connectivity index (χ1v) is 19.4. The van der Waals surface area contributed by atoms with Gasteiger partial charge in [0.1, 0.15) is 5.82 Å². The van der Waals surface area contributed by atoms with Crippen LogP contribution in [0.2, 0.25) is 36.3 Å². The molecule has 0 saturated heterocycles. The molecule has 2 aromatic heterocycles. The summed E-state index contributed by atoms with van der Waals surface area (Å²) >= 11 is 0. The van der Waals surface area contributed by atoms with E-state index < -0.39 is 16.6 Å². The van der Waals surface area contributed by atoms with E-state index >= 15 is 0 Å². The maximum atomic E-state index is 12.7. The van der Waals surface area contributed by atoms with Crippen molar-refractivity contribution < 1.29 is 8.85 Å². The molecule has 0 saturated carbocycles. The molecule has 0 unspecified atom stereocenters. The van der Waals surface area contributed by atoms with E-state index in [-0.39, 0.29) is 21.7 Å². The van der Waals surface area contributed by atoms with Crippen molar-refractivity contribution in [1.82, 2.24) is 9.97 Å². The number of benzene rings is 1. The zero-order valence-corrected chi connectivity index (χ0v) is 27.2. The van der Waals surface area contributed by atoms with Gasteiger partial charge in [-0.3, -0.25) is 4.79 Å². The number of pyridine rings is 2. The largest absolute Gasteiger partial charge is 0.415 e. The lowest BCUT2D eigenvalue weighted by atomic mass is 10.0. The Morgan fingerprint density at radius 3 is 1.97 bits per heavy atom. The number of anilines is 1. The number of aromatic amines is 1. The van der Waals surface area contributed by atoms with Crippen LogP contribution in [0.4, 0.5) is 5.82 Å². The third kappa shape index (κ3) is 7.02. The zero-order chi connectivity index (χ0) is 28.5. The van der Waals surface area contributed by atoms with Crippen molar-refractivity contribution in [3.05, 3.63) is 58.5 Å². The summed E-state index contributed by atoms with van der Waals surface area (Å²) in [7, 11) is -3.84. The highest BCUT2D eigenvalue weighted by molar-refractivity contribution is 6.74. The highest BCUT2D eigenvalue weighted by atomic mass is 28.4. The predicted octanol–water partition coefficient (Wildman–Crippen LogP) is 7.72. The first-order valence-electron chi connectivity index (χ1n) is 13.5. The van der Waals surface area contributed by atoms with E-state index in [1.807, 2.05) is 43.3 Å². The number of rotatable bonds is 9. The van der Waals surface area contributed by atoms with Crippen LogP contribution in [0.15, 0.2) is 47.4 Å². The second-order valence-corrected chi connectivity index (χ2v) is 23.1. The molecule has 0 aliphatic carbocycles. The summed E-state index contributed by atoms with van der Waals surface area (Å²) < 4.78 is 13.2. The molecule has 1 aromatic carbocycles. The van der Waals surface area contributed by atoms with Crippen LogP contribution in [-0.2, 0) is 8.85 Å². The van der Waals surface area contributed by atoms with Gasteiger partial charge in [-0.1, -0.05) is 53.7 Å². The van der Waals surface area contributed by atoms with E-state index in [2.05, 4.69) is 78.0 Å². The number of nitrogens with zero attached hydrogens (tertiary/aromatic N) is 1. The van der Waals surface area contributed by atoms with Gasteiger partial charge in [0.05, 0.1) is 24.9 Å².